The number of aryl methyl sites for hydroxylation is 1. The highest BCUT2D eigenvalue weighted by Crippen LogP contribution is 2.35. The normalized spacial score (nSPS) is 15.2. The molecule has 1 aliphatic carbocycles. The third-order valence-electron chi connectivity index (χ3n) is 7.79. The topological polar surface area (TPSA) is 121 Å². The Morgan fingerprint density at radius 2 is 1.84 bits per heavy atom. The lowest BCUT2D eigenvalue weighted by atomic mass is 9.95. The summed E-state index contributed by atoms with van der Waals surface area (Å²) in [7, 11) is -3.49. The Balaban J connectivity index is 1.33. The SMILES string of the molecule is CS(=O)(=O)c1cccc(C[C@H](NC(=O)c2c(Cl)cc3c(c2Cl)CCN(C(=O)c2ccc4c(c2)CCCC=C4)C3)C(=O)O)c1. The Bertz CT molecular complexity index is 1770. The van der Waals surface area contributed by atoms with Crippen LogP contribution in [0.1, 0.15) is 61.4 Å². The number of nitrogens with one attached hydrogen (secondary N) is 1. The number of sulfone groups is 1. The van der Waals surface area contributed by atoms with Crippen molar-refractivity contribution < 1.29 is 27.9 Å². The molecule has 2 amide bonds. The molecule has 0 radical (unpaired) electrons. The van der Waals surface area contributed by atoms with Crippen molar-refractivity contribution in [1.82, 2.24) is 10.2 Å². The van der Waals surface area contributed by atoms with Crippen molar-refractivity contribution in [1.29, 1.82) is 0 Å². The molecule has 0 unspecified atom stereocenters. The molecule has 1 atom stereocenters. The van der Waals surface area contributed by atoms with Crippen LogP contribution in [0, 0.1) is 0 Å². The third kappa shape index (κ3) is 6.79. The summed E-state index contributed by atoms with van der Waals surface area (Å²) in [5, 5.41) is 12.4. The Hall–Kier alpha value is -3.66. The van der Waals surface area contributed by atoms with Crippen molar-refractivity contribution in [2.45, 2.75) is 49.6 Å². The van der Waals surface area contributed by atoms with Gasteiger partial charge in [-0.05, 0) is 83.8 Å². The van der Waals surface area contributed by atoms with Crippen molar-refractivity contribution in [3.05, 3.63) is 104 Å². The summed E-state index contributed by atoms with van der Waals surface area (Å²) in [6.07, 6.45) is 8.52. The van der Waals surface area contributed by atoms with Gasteiger partial charge in [-0.3, -0.25) is 9.59 Å². The van der Waals surface area contributed by atoms with Crippen molar-refractivity contribution in [3.8, 4) is 0 Å². The summed E-state index contributed by atoms with van der Waals surface area (Å²) in [5.41, 5.74) is 4.69. The minimum absolute atomic E-state index is 0.0376. The maximum Gasteiger partial charge on any atom is 0.326 e. The number of allylic oxidation sites excluding steroid dienone is 1. The molecule has 0 aromatic heterocycles. The first-order valence-corrected chi connectivity index (χ1v) is 16.5. The first kappa shape index (κ1) is 30.8. The predicted octanol–water partition coefficient (Wildman–Crippen LogP) is 5.37. The smallest absolute Gasteiger partial charge is 0.326 e. The Morgan fingerprint density at radius 1 is 1.05 bits per heavy atom. The summed E-state index contributed by atoms with van der Waals surface area (Å²) >= 11 is 13.2. The molecule has 8 nitrogen and oxygen atoms in total. The van der Waals surface area contributed by atoms with E-state index in [1.54, 1.807) is 17.0 Å². The first-order valence-electron chi connectivity index (χ1n) is 13.8. The average molecular weight is 642 g/mol. The Labute approximate surface area is 260 Å². The van der Waals surface area contributed by atoms with Gasteiger partial charge in [0, 0.05) is 31.3 Å². The first-order chi connectivity index (χ1) is 20.4. The van der Waals surface area contributed by atoms with Gasteiger partial charge in [-0.15, -0.1) is 0 Å². The van der Waals surface area contributed by atoms with E-state index >= 15 is 0 Å². The lowest BCUT2D eigenvalue weighted by Gasteiger charge is -2.30. The standard InChI is InChI=1S/C32H30Cl2N2O6S/c1-43(41,42)24-9-5-6-19(14-24)15-27(32(39)40)35-30(37)28-26(33)17-23-18-36(13-12-25(23)29(28)34)31(38)22-11-10-20-7-3-2-4-8-21(20)16-22/h3,5-7,9-11,14,16-17,27H,2,4,8,12-13,15,18H2,1H3,(H,35,37)(H,39,40)/t27-/m0/s1. The van der Waals surface area contributed by atoms with Gasteiger partial charge in [-0.1, -0.05) is 53.6 Å². The number of carbonyl (C=O) groups is 3. The number of carbonyl (C=O) groups excluding carboxylic acids is 2. The zero-order valence-corrected chi connectivity index (χ0v) is 25.7. The van der Waals surface area contributed by atoms with Crippen LogP contribution >= 0.6 is 23.2 Å². The highest BCUT2D eigenvalue weighted by molar-refractivity contribution is 7.90. The fraction of sp³-hybridized carbons (Fsp3) is 0.281. The second-order valence-corrected chi connectivity index (χ2v) is 13.7. The summed E-state index contributed by atoms with van der Waals surface area (Å²) < 4.78 is 23.8. The van der Waals surface area contributed by atoms with E-state index in [2.05, 4.69) is 17.5 Å². The fourth-order valence-corrected chi connectivity index (χ4v) is 6.98. The average Bonchev–Trinajstić information content (AvgIpc) is 3.21. The van der Waals surface area contributed by atoms with Crippen molar-refractivity contribution >= 4 is 56.9 Å². The molecule has 11 heteroatoms. The van der Waals surface area contributed by atoms with Crippen LogP contribution in [0.5, 0.6) is 0 Å². The number of fused-ring (bicyclic) bond motifs is 2. The van der Waals surface area contributed by atoms with Crippen LogP contribution in [0.2, 0.25) is 10.0 Å². The van der Waals surface area contributed by atoms with Gasteiger partial charge in [0.1, 0.15) is 6.04 Å². The monoisotopic (exact) mass is 640 g/mol. The van der Waals surface area contributed by atoms with Gasteiger partial charge < -0.3 is 15.3 Å². The zero-order valence-electron chi connectivity index (χ0n) is 23.4. The zero-order chi connectivity index (χ0) is 30.9. The molecule has 3 aromatic rings. The molecule has 224 valence electrons. The summed E-state index contributed by atoms with van der Waals surface area (Å²) in [6.45, 7) is 0.653. The molecule has 0 saturated carbocycles. The van der Waals surface area contributed by atoms with E-state index in [0.717, 1.165) is 42.2 Å². The van der Waals surface area contributed by atoms with Gasteiger partial charge in [-0.25, -0.2) is 13.2 Å². The minimum atomic E-state index is -3.49. The van der Waals surface area contributed by atoms with Crippen molar-refractivity contribution in [2.24, 2.45) is 0 Å². The molecule has 43 heavy (non-hydrogen) atoms. The van der Waals surface area contributed by atoms with Crippen LogP contribution in [0.15, 0.2) is 59.5 Å². The lowest BCUT2D eigenvalue weighted by Crippen LogP contribution is -2.42. The Kier molecular flexibility index (Phi) is 8.96. The summed E-state index contributed by atoms with van der Waals surface area (Å²) in [6, 6.07) is 11.9. The number of amides is 2. The van der Waals surface area contributed by atoms with Gasteiger partial charge in [0.05, 0.1) is 20.5 Å². The number of hydrogen-bond donors (Lipinski definition) is 2. The number of rotatable bonds is 7. The number of carboxylic acids is 1. The molecular weight excluding hydrogens is 611 g/mol. The molecule has 0 fully saturated rings. The summed E-state index contributed by atoms with van der Waals surface area (Å²) in [4.78, 5) is 40.5. The van der Waals surface area contributed by atoms with Crippen LogP contribution in [0.3, 0.4) is 0 Å². The molecule has 5 rings (SSSR count). The highest BCUT2D eigenvalue weighted by atomic mass is 35.5. The highest BCUT2D eigenvalue weighted by Gasteiger charge is 2.30. The molecule has 0 spiro atoms. The second-order valence-electron chi connectivity index (χ2n) is 10.9. The maximum absolute atomic E-state index is 13.4. The van der Waals surface area contributed by atoms with E-state index in [4.69, 9.17) is 23.2 Å². The molecule has 0 bridgehead atoms. The van der Waals surface area contributed by atoms with Gasteiger partial charge in [0.2, 0.25) is 0 Å². The van der Waals surface area contributed by atoms with Gasteiger partial charge in [0.15, 0.2) is 9.84 Å². The number of carboxylic acid groups (broad SMARTS) is 1. The number of benzene rings is 3. The van der Waals surface area contributed by atoms with Crippen LogP contribution in [0.25, 0.3) is 6.08 Å². The van der Waals surface area contributed by atoms with E-state index in [1.165, 1.54) is 18.2 Å². The number of nitrogens with zero attached hydrogens (tertiary/aromatic N) is 1. The van der Waals surface area contributed by atoms with Gasteiger partial charge >= 0.3 is 5.97 Å². The van der Waals surface area contributed by atoms with Crippen molar-refractivity contribution in [2.75, 3.05) is 12.8 Å². The third-order valence-corrected chi connectivity index (χ3v) is 9.62. The largest absolute Gasteiger partial charge is 0.480 e. The number of aliphatic carboxylic acids is 1. The van der Waals surface area contributed by atoms with Gasteiger partial charge in [-0.2, -0.15) is 0 Å². The van der Waals surface area contributed by atoms with E-state index in [-0.39, 0.29) is 39.4 Å². The molecule has 1 heterocycles. The van der Waals surface area contributed by atoms with Crippen LogP contribution in [0.4, 0.5) is 0 Å². The van der Waals surface area contributed by atoms with E-state index in [0.29, 0.717) is 29.7 Å². The quantitative estimate of drug-likeness (QED) is 0.358. The van der Waals surface area contributed by atoms with Crippen LogP contribution in [-0.4, -0.2) is 55.1 Å². The van der Waals surface area contributed by atoms with E-state index < -0.39 is 27.8 Å². The maximum atomic E-state index is 13.4. The molecule has 2 aliphatic rings. The molecule has 1 aliphatic heterocycles. The Morgan fingerprint density at radius 3 is 2.58 bits per heavy atom. The molecule has 2 N–H and O–H groups in total. The lowest BCUT2D eigenvalue weighted by molar-refractivity contribution is -0.139. The van der Waals surface area contributed by atoms with Crippen molar-refractivity contribution in [3.63, 3.8) is 0 Å². The molecule has 0 saturated heterocycles. The number of halogens is 2. The van der Waals surface area contributed by atoms with E-state index in [1.807, 2.05) is 18.2 Å². The van der Waals surface area contributed by atoms with E-state index in [9.17, 15) is 27.9 Å². The molecular formula is C32H30Cl2N2O6S. The fourth-order valence-electron chi connectivity index (χ4n) is 5.52. The van der Waals surface area contributed by atoms with Gasteiger partial charge in [0.25, 0.3) is 11.8 Å². The van der Waals surface area contributed by atoms with Crippen LogP contribution in [-0.2, 0) is 40.4 Å². The number of hydrogen-bond acceptors (Lipinski definition) is 5. The minimum Gasteiger partial charge on any atom is -0.480 e. The predicted molar refractivity (Wildman–Crippen MR) is 165 cm³/mol. The summed E-state index contributed by atoms with van der Waals surface area (Å²) in [5.74, 6) is -2.16. The van der Waals surface area contributed by atoms with Crippen LogP contribution < -0.4 is 5.32 Å². The molecule has 3 aromatic carbocycles. The second kappa shape index (κ2) is 12.5.